The molecule has 5 nitrogen and oxygen atoms in total. The summed E-state index contributed by atoms with van der Waals surface area (Å²) < 4.78 is 10.1. The number of guanidine groups is 1. The predicted octanol–water partition coefficient (Wildman–Crippen LogP) is 2.01. The number of nitrogens with zero attached hydrogens (tertiary/aromatic N) is 1. The van der Waals surface area contributed by atoms with E-state index >= 15 is 0 Å². The van der Waals surface area contributed by atoms with Gasteiger partial charge in [-0.3, -0.25) is 0 Å². The van der Waals surface area contributed by atoms with Gasteiger partial charge in [0.2, 0.25) is 0 Å². The summed E-state index contributed by atoms with van der Waals surface area (Å²) in [6.07, 6.45) is 0. The Kier molecular flexibility index (Phi) is 11.2. The maximum absolute atomic E-state index is 5.12. The van der Waals surface area contributed by atoms with Crippen molar-refractivity contribution in [2.75, 3.05) is 33.9 Å². The zero-order chi connectivity index (χ0) is 13.9. The van der Waals surface area contributed by atoms with Crippen molar-refractivity contribution < 1.29 is 9.47 Å². The molecule has 1 aromatic rings. The number of hydrogen-bond donors (Lipinski definition) is 2. The van der Waals surface area contributed by atoms with E-state index in [0.29, 0.717) is 13.2 Å². The van der Waals surface area contributed by atoms with Crippen molar-refractivity contribution in [2.45, 2.75) is 13.5 Å². The van der Waals surface area contributed by atoms with Gasteiger partial charge in [0.1, 0.15) is 5.75 Å². The van der Waals surface area contributed by atoms with Crippen LogP contribution in [0.5, 0.6) is 5.75 Å². The zero-order valence-electron chi connectivity index (χ0n) is 12.3. The van der Waals surface area contributed by atoms with Gasteiger partial charge < -0.3 is 20.1 Å². The maximum atomic E-state index is 5.12. The summed E-state index contributed by atoms with van der Waals surface area (Å²) in [6, 6.07) is 7.91. The molecule has 0 bridgehead atoms. The lowest BCUT2D eigenvalue weighted by Gasteiger charge is -2.10. The van der Waals surface area contributed by atoms with Crippen LogP contribution in [0.25, 0.3) is 0 Å². The van der Waals surface area contributed by atoms with Gasteiger partial charge in [0.05, 0.1) is 20.3 Å². The van der Waals surface area contributed by atoms with Gasteiger partial charge in [-0.15, -0.1) is 24.0 Å². The van der Waals surface area contributed by atoms with Crippen LogP contribution in [0, 0.1) is 0 Å². The van der Waals surface area contributed by atoms with Crippen LogP contribution in [-0.2, 0) is 11.3 Å². The van der Waals surface area contributed by atoms with Crippen LogP contribution in [0.2, 0.25) is 0 Å². The van der Waals surface area contributed by atoms with Gasteiger partial charge in [-0.05, 0) is 24.6 Å². The highest BCUT2D eigenvalue weighted by molar-refractivity contribution is 14.0. The van der Waals surface area contributed by atoms with Crippen molar-refractivity contribution >= 4 is 29.9 Å². The van der Waals surface area contributed by atoms with E-state index in [2.05, 4.69) is 15.6 Å². The van der Waals surface area contributed by atoms with Gasteiger partial charge in [-0.2, -0.15) is 0 Å². The summed E-state index contributed by atoms with van der Waals surface area (Å²) in [5.74, 6) is 1.66. The maximum Gasteiger partial charge on any atom is 0.191 e. The highest BCUT2D eigenvalue weighted by atomic mass is 127. The molecule has 0 amide bonds. The van der Waals surface area contributed by atoms with Crippen LogP contribution in [0.3, 0.4) is 0 Å². The highest BCUT2D eigenvalue weighted by Gasteiger charge is 1.97. The average Bonchev–Trinajstić information content (AvgIpc) is 2.45. The quantitative estimate of drug-likeness (QED) is 0.322. The Morgan fingerprint density at radius 3 is 2.40 bits per heavy atom. The smallest absolute Gasteiger partial charge is 0.191 e. The topological polar surface area (TPSA) is 54.9 Å². The van der Waals surface area contributed by atoms with Crippen molar-refractivity contribution in [3.63, 3.8) is 0 Å². The largest absolute Gasteiger partial charge is 0.497 e. The van der Waals surface area contributed by atoms with Crippen LogP contribution in [0.15, 0.2) is 29.3 Å². The van der Waals surface area contributed by atoms with Gasteiger partial charge in [-0.25, -0.2) is 4.99 Å². The first-order valence-electron chi connectivity index (χ1n) is 6.44. The molecule has 0 aliphatic rings. The minimum absolute atomic E-state index is 0. The van der Waals surface area contributed by atoms with Gasteiger partial charge >= 0.3 is 0 Å². The Labute approximate surface area is 138 Å². The molecule has 0 aliphatic heterocycles. The number of methoxy groups -OCH3 is 2. The second kappa shape index (κ2) is 11.8. The van der Waals surface area contributed by atoms with Crippen LogP contribution in [0.1, 0.15) is 12.5 Å². The first-order chi connectivity index (χ1) is 9.30. The molecular formula is C14H24IN3O2. The number of nitrogens with one attached hydrogen (secondary N) is 2. The lowest BCUT2D eigenvalue weighted by Crippen LogP contribution is -2.38. The fourth-order valence-electron chi connectivity index (χ4n) is 1.51. The molecule has 0 atom stereocenters. The van der Waals surface area contributed by atoms with E-state index in [9.17, 15) is 0 Å². The van der Waals surface area contributed by atoms with Crippen LogP contribution < -0.4 is 15.4 Å². The molecule has 0 fully saturated rings. The van der Waals surface area contributed by atoms with Crippen molar-refractivity contribution in [1.29, 1.82) is 0 Å². The monoisotopic (exact) mass is 393 g/mol. The molecule has 2 N–H and O–H groups in total. The summed E-state index contributed by atoms with van der Waals surface area (Å²) in [4.78, 5) is 4.51. The van der Waals surface area contributed by atoms with Crippen molar-refractivity contribution in [1.82, 2.24) is 10.6 Å². The van der Waals surface area contributed by atoms with E-state index in [1.165, 1.54) is 0 Å². The van der Waals surface area contributed by atoms with E-state index in [4.69, 9.17) is 9.47 Å². The molecule has 20 heavy (non-hydrogen) atoms. The Hall–Kier alpha value is -1.02. The van der Waals surface area contributed by atoms with E-state index < -0.39 is 0 Å². The third kappa shape index (κ3) is 7.54. The molecule has 0 aromatic heterocycles. The molecule has 1 aromatic carbocycles. The van der Waals surface area contributed by atoms with E-state index in [-0.39, 0.29) is 24.0 Å². The number of hydrogen-bond acceptors (Lipinski definition) is 3. The fourth-order valence-corrected chi connectivity index (χ4v) is 1.51. The lowest BCUT2D eigenvalue weighted by molar-refractivity contribution is 0.203. The summed E-state index contributed by atoms with van der Waals surface area (Å²) in [5.41, 5.74) is 1.14. The van der Waals surface area contributed by atoms with E-state index in [0.717, 1.165) is 30.4 Å². The molecule has 1 rings (SSSR count). The van der Waals surface area contributed by atoms with Gasteiger partial charge in [0.25, 0.3) is 0 Å². The summed E-state index contributed by atoms with van der Waals surface area (Å²) in [7, 11) is 3.35. The van der Waals surface area contributed by atoms with Gasteiger partial charge in [0.15, 0.2) is 5.96 Å². The molecule has 0 saturated heterocycles. The average molecular weight is 393 g/mol. The second-order valence-corrected chi connectivity index (χ2v) is 3.96. The van der Waals surface area contributed by atoms with Crippen molar-refractivity contribution in [3.05, 3.63) is 29.8 Å². The Morgan fingerprint density at radius 1 is 1.15 bits per heavy atom. The molecule has 0 radical (unpaired) electrons. The molecule has 6 heteroatoms. The van der Waals surface area contributed by atoms with Crippen LogP contribution in [0.4, 0.5) is 0 Å². The first kappa shape index (κ1) is 19.0. The molecular weight excluding hydrogens is 369 g/mol. The standard InChI is InChI=1S/C14H23N3O2.HI/c1-4-15-14(16-9-10-18-2)17-11-12-5-7-13(19-3)8-6-12;/h5-8H,4,9-11H2,1-3H3,(H2,15,16,17);1H. The number of rotatable bonds is 7. The van der Waals surface area contributed by atoms with Crippen molar-refractivity contribution in [2.24, 2.45) is 4.99 Å². The molecule has 0 spiro atoms. The molecule has 0 aliphatic carbocycles. The summed E-state index contributed by atoms with van der Waals surface area (Å²) in [6.45, 7) is 4.91. The fraction of sp³-hybridized carbons (Fsp3) is 0.500. The third-order valence-electron chi connectivity index (χ3n) is 2.52. The number of ether oxygens (including phenoxy) is 2. The number of benzene rings is 1. The second-order valence-electron chi connectivity index (χ2n) is 3.96. The predicted molar refractivity (Wildman–Crippen MR) is 93.1 cm³/mol. The molecule has 0 heterocycles. The Morgan fingerprint density at radius 2 is 1.85 bits per heavy atom. The van der Waals surface area contributed by atoms with Gasteiger partial charge in [0, 0.05) is 20.2 Å². The molecule has 0 unspecified atom stereocenters. The molecule has 0 saturated carbocycles. The third-order valence-corrected chi connectivity index (χ3v) is 2.52. The van der Waals surface area contributed by atoms with E-state index in [1.807, 2.05) is 31.2 Å². The lowest BCUT2D eigenvalue weighted by atomic mass is 10.2. The number of aliphatic imine (C=N–C) groups is 1. The van der Waals surface area contributed by atoms with Gasteiger partial charge in [-0.1, -0.05) is 12.1 Å². The highest BCUT2D eigenvalue weighted by Crippen LogP contribution is 2.11. The van der Waals surface area contributed by atoms with E-state index in [1.54, 1.807) is 14.2 Å². The minimum Gasteiger partial charge on any atom is -0.497 e. The van der Waals surface area contributed by atoms with Crippen LogP contribution >= 0.6 is 24.0 Å². The SMILES string of the molecule is CCNC(=NCc1ccc(OC)cc1)NCCOC.I. The summed E-state index contributed by atoms with van der Waals surface area (Å²) >= 11 is 0. The van der Waals surface area contributed by atoms with Crippen LogP contribution in [-0.4, -0.2) is 39.9 Å². The first-order valence-corrected chi connectivity index (χ1v) is 6.44. The zero-order valence-corrected chi connectivity index (χ0v) is 14.6. The Bertz CT molecular complexity index is 383. The Balaban J connectivity index is 0.00000361. The number of halogens is 1. The minimum atomic E-state index is 0. The van der Waals surface area contributed by atoms with Crippen molar-refractivity contribution in [3.8, 4) is 5.75 Å². The molecule has 114 valence electrons. The summed E-state index contributed by atoms with van der Waals surface area (Å²) in [5, 5.41) is 6.40. The normalized spacial score (nSPS) is 10.7.